The van der Waals surface area contributed by atoms with Crippen molar-refractivity contribution < 1.29 is 0 Å². The summed E-state index contributed by atoms with van der Waals surface area (Å²) in [6.45, 7) is 3.37. The molecule has 0 radical (unpaired) electrons. The van der Waals surface area contributed by atoms with Crippen LogP contribution in [-0.2, 0) is 6.42 Å². The third-order valence-electron chi connectivity index (χ3n) is 2.91. The Hall–Kier alpha value is -1.02. The highest BCUT2D eigenvalue weighted by atomic mass is 15.0. The Balaban J connectivity index is 1.72. The summed E-state index contributed by atoms with van der Waals surface area (Å²) in [5.41, 5.74) is 7.82. The zero-order chi connectivity index (χ0) is 9.97. The first-order valence-electron chi connectivity index (χ1n) is 5.33. The van der Waals surface area contributed by atoms with E-state index in [0.717, 1.165) is 30.6 Å². The summed E-state index contributed by atoms with van der Waals surface area (Å²) in [5, 5.41) is 3.54. The lowest BCUT2D eigenvalue weighted by molar-refractivity contribution is 0.650. The second-order valence-electron chi connectivity index (χ2n) is 4.27. The van der Waals surface area contributed by atoms with E-state index in [4.69, 9.17) is 5.73 Å². The molecule has 1 aliphatic rings. The number of anilines is 1. The Labute approximate surface area is 85.5 Å². The first-order chi connectivity index (χ1) is 6.75. The van der Waals surface area contributed by atoms with Crippen LogP contribution in [0.2, 0.25) is 0 Å². The molecule has 0 aliphatic heterocycles. The van der Waals surface area contributed by atoms with Gasteiger partial charge < -0.3 is 11.1 Å². The second kappa shape index (κ2) is 4.01. The first-order valence-corrected chi connectivity index (χ1v) is 5.33. The van der Waals surface area contributed by atoms with E-state index in [-0.39, 0.29) is 0 Å². The lowest BCUT2D eigenvalue weighted by Crippen LogP contribution is -2.20. The average Bonchev–Trinajstić information content (AvgIpc) is 2.86. The van der Waals surface area contributed by atoms with Crippen LogP contribution in [-0.4, -0.2) is 12.6 Å². The van der Waals surface area contributed by atoms with Gasteiger partial charge in [-0.05, 0) is 43.0 Å². The summed E-state index contributed by atoms with van der Waals surface area (Å²) in [6, 6.07) is 8.92. The maximum absolute atomic E-state index is 5.62. The SMILES string of the molecule is CC1CC1NCCc1ccc(N)cc1. The molecule has 1 aromatic carbocycles. The third kappa shape index (κ3) is 2.48. The van der Waals surface area contributed by atoms with E-state index in [1.165, 1.54) is 12.0 Å². The molecule has 1 aliphatic carbocycles. The molecule has 0 bridgehead atoms. The van der Waals surface area contributed by atoms with Gasteiger partial charge in [0.1, 0.15) is 0 Å². The molecule has 0 heterocycles. The molecular formula is C12H18N2. The minimum Gasteiger partial charge on any atom is -0.399 e. The molecule has 1 saturated carbocycles. The highest BCUT2D eigenvalue weighted by molar-refractivity contribution is 5.39. The van der Waals surface area contributed by atoms with Crippen molar-refractivity contribution in [3.8, 4) is 0 Å². The van der Waals surface area contributed by atoms with Crippen LogP contribution in [0.25, 0.3) is 0 Å². The van der Waals surface area contributed by atoms with Crippen molar-refractivity contribution in [1.82, 2.24) is 5.32 Å². The van der Waals surface area contributed by atoms with Gasteiger partial charge in [-0.3, -0.25) is 0 Å². The average molecular weight is 190 g/mol. The largest absolute Gasteiger partial charge is 0.399 e. The Morgan fingerprint density at radius 3 is 2.57 bits per heavy atom. The standard InChI is InChI=1S/C12H18N2/c1-9-8-12(9)14-7-6-10-2-4-11(13)5-3-10/h2-5,9,12,14H,6-8,13H2,1H3. The van der Waals surface area contributed by atoms with Gasteiger partial charge >= 0.3 is 0 Å². The molecule has 0 amide bonds. The van der Waals surface area contributed by atoms with Crippen LogP contribution in [0.5, 0.6) is 0 Å². The van der Waals surface area contributed by atoms with Crippen LogP contribution >= 0.6 is 0 Å². The van der Waals surface area contributed by atoms with Crippen molar-refractivity contribution in [2.24, 2.45) is 5.92 Å². The van der Waals surface area contributed by atoms with Gasteiger partial charge in [0.2, 0.25) is 0 Å². The number of hydrogen-bond acceptors (Lipinski definition) is 2. The molecule has 2 unspecified atom stereocenters. The van der Waals surface area contributed by atoms with Gasteiger partial charge in [0.15, 0.2) is 0 Å². The number of nitrogens with two attached hydrogens (primary N) is 1. The van der Waals surface area contributed by atoms with E-state index in [1.54, 1.807) is 0 Å². The molecule has 0 saturated heterocycles. The van der Waals surface area contributed by atoms with Crippen LogP contribution in [0.1, 0.15) is 18.9 Å². The molecular weight excluding hydrogens is 172 g/mol. The van der Waals surface area contributed by atoms with Crippen molar-refractivity contribution >= 4 is 5.69 Å². The molecule has 2 rings (SSSR count). The predicted octanol–water partition coefficient (Wildman–Crippen LogP) is 1.81. The van der Waals surface area contributed by atoms with E-state index in [0.29, 0.717) is 0 Å². The Bertz CT molecular complexity index is 292. The minimum atomic E-state index is 0.781. The van der Waals surface area contributed by atoms with E-state index < -0.39 is 0 Å². The summed E-state index contributed by atoms with van der Waals surface area (Å²) in [7, 11) is 0. The van der Waals surface area contributed by atoms with E-state index >= 15 is 0 Å². The number of nitrogen functional groups attached to an aromatic ring is 1. The molecule has 2 atom stereocenters. The highest BCUT2D eigenvalue weighted by Crippen LogP contribution is 2.28. The van der Waals surface area contributed by atoms with E-state index in [9.17, 15) is 0 Å². The van der Waals surface area contributed by atoms with Gasteiger partial charge in [0.05, 0.1) is 0 Å². The zero-order valence-corrected chi connectivity index (χ0v) is 8.66. The Kier molecular flexibility index (Phi) is 2.73. The number of nitrogens with one attached hydrogen (secondary N) is 1. The molecule has 14 heavy (non-hydrogen) atoms. The summed E-state index contributed by atoms with van der Waals surface area (Å²) >= 11 is 0. The van der Waals surface area contributed by atoms with Gasteiger partial charge in [-0.2, -0.15) is 0 Å². The molecule has 3 N–H and O–H groups in total. The fourth-order valence-electron chi connectivity index (χ4n) is 1.69. The van der Waals surface area contributed by atoms with Crippen molar-refractivity contribution in [1.29, 1.82) is 0 Å². The summed E-state index contributed by atoms with van der Waals surface area (Å²) < 4.78 is 0. The third-order valence-corrected chi connectivity index (χ3v) is 2.91. The van der Waals surface area contributed by atoms with Gasteiger partial charge in [-0.25, -0.2) is 0 Å². The molecule has 2 heteroatoms. The summed E-state index contributed by atoms with van der Waals surface area (Å²) in [5.74, 6) is 0.890. The molecule has 0 spiro atoms. The number of rotatable bonds is 4. The van der Waals surface area contributed by atoms with Crippen LogP contribution in [0.4, 0.5) is 5.69 Å². The van der Waals surface area contributed by atoms with Crippen molar-refractivity contribution in [3.05, 3.63) is 29.8 Å². The zero-order valence-electron chi connectivity index (χ0n) is 8.66. The maximum atomic E-state index is 5.62. The van der Waals surface area contributed by atoms with Crippen LogP contribution in [0.15, 0.2) is 24.3 Å². The van der Waals surface area contributed by atoms with E-state index in [2.05, 4.69) is 24.4 Å². The van der Waals surface area contributed by atoms with Crippen LogP contribution in [0.3, 0.4) is 0 Å². The molecule has 76 valence electrons. The van der Waals surface area contributed by atoms with Crippen molar-refractivity contribution in [3.63, 3.8) is 0 Å². The maximum Gasteiger partial charge on any atom is 0.0314 e. The fraction of sp³-hybridized carbons (Fsp3) is 0.500. The predicted molar refractivity (Wildman–Crippen MR) is 60.1 cm³/mol. The monoisotopic (exact) mass is 190 g/mol. The summed E-state index contributed by atoms with van der Waals surface area (Å²) in [6.07, 6.45) is 2.45. The molecule has 1 aromatic rings. The first kappa shape index (κ1) is 9.53. The molecule has 1 fully saturated rings. The topological polar surface area (TPSA) is 38.0 Å². The van der Waals surface area contributed by atoms with Gasteiger partial charge in [0, 0.05) is 11.7 Å². The van der Waals surface area contributed by atoms with Crippen molar-refractivity contribution in [2.75, 3.05) is 12.3 Å². The number of hydrogen-bond donors (Lipinski definition) is 2. The fourth-order valence-corrected chi connectivity index (χ4v) is 1.69. The lowest BCUT2D eigenvalue weighted by Gasteiger charge is -2.03. The van der Waals surface area contributed by atoms with Crippen molar-refractivity contribution in [2.45, 2.75) is 25.8 Å². The normalized spacial score (nSPS) is 24.9. The molecule has 0 aromatic heterocycles. The lowest BCUT2D eigenvalue weighted by atomic mass is 10.1. The Morgan fingerprint density at radius 2 is 2.00 bits per heavy atom. The second-order valence-corrected chi connectivity index (χ2v) is 4.27. The minimum absolute atomic E-state index is 0.781. The number of benzene rings is 1. The van der Waals surface area contributed by atoms with Crippen LogP contribution < -0.4 is 11.1 Å². The smallest absolute Gasteiger partial charge is 0.0314 e. The van der Waals surface area contributed by atoms with Crippen LogP contribution in [0, 0.1) is 5.92 Å². The summed E-state index contributed by atoms with van der Waals surface area (Å²) in [4.78, 5) is 0. The highest BCUT2D eigenvalue weighted by Gasteiger charge is 2.31. The van der Waals surface area contributed by atoms with Gasteiger partial charge in [-0.1, -0.05) is 19.1 Å². The van der Waals surface area contributed by atoms with E-state index in [1.807, 2.05) is 12.1 Å². The van der Waals surface area contributed by atoms with Gasteiger partial charge in [0.25, 0.3) is 0 Å². The quantitative estimate of drug-likeness (QED) is 0.711. The molecule has 2 nitrogen and oxygen atoms in total. The van der Waals surface area contributed by atoms with Gasteiger partial charge in [-0.15, -0.1) is 0 Å². The Morgan fingerprint density at radius 1 is 1.36 bits per heavy atom.